The summed E-state index contributed by atoms with van der Waals surface area (Å²) in [5.41, 5.74) is 1.32. The number of benzene rings is 2. The Hall–Kier alpha value is -4.47. The first-order valence-electron chi connectivity index (χ1n) is 9.83. The number of nitrogens with zero attached hydrogens (tertiary/aromatic N) is 1. The van der Waals surface area contributed by atoms with Crippen molar-refractivity contribution in [2.75, 3.05) is 21.3 Å². The minimum absolute atomic E-state index is 0.0459. The van der Waals surface area contributed by atoms with Crippen LogP contribution >= 0.6 is 0 Å². The zero-order valence-electron chi connectivity index (χ0n) is 17.1. The lowest BCUT2D eigenvalue weighted by atomic mass is 9.92. The van der Waals surface area contributed by atoms with Gasteiger partial charge >= 0.3 is 0 Å². The number of H-pyrrole nitrogens is 1. The van der Waals surface area contributed by atoms with E-state index in [1.54, 1.807) is 36.4 Å². The zero-order valence-corrected chi connectivity index (χ0v) is 17.1. The molecule has 10 heteroatoms. The van der Waals surface area contributed by atoms with Crippen molar-refractivity contribution in [2.24, 2.45) is 0 Å². The van der Waals surface area contributed by atoms with E-state index >= 15 is 0 Å². The molecule has 0 spiro atoms. The molecule has 0 radical (unpaired) electrons. The molecule has 0 unspecified atom stereocenters. The highest BCUT2D eigenvalue weighted by molar-refractivity contribution is 6.04. The molecule has 1 aromatic heterocycles. The fourth-order valence-corrected chi connectivity index (χ4v) is 3.38. The van der Waals surface area contributed by atoms with E-state index in [2.05, 4.69) is 31.2 Å². The molecule has 0 aliphatic carbocycles. The van der Waals surface area contributed by atoms with E-state index in [0.29, 0.717) is 17.1 Å². The molecule has 4 rings (SSSR count). The number of hydrogen-bond acceptors (Lipinski definition) is 6. The van der Waals surface area contributed by atoms with Crippen molar-refractivity contribution in [3.05, 3.63) is 70.5 Å². The standard InChI is InChI=1S/C22H20N6O4/c1-12(29)23-14-7-9-15(10-8-14)24-20(31)16-11-17(30)26-19-18(16)21(32)28-22(27-19)25-13-5-3-2-4-6-13/h2-10,16H,11H2,1H3,(H,23,29)(H,24,31)(H3,25,26,27,28,30,32)/t16-/m0/s1. The molecule has 10 nitrogen and oxygen atoms in total. The molecule has 1 atom stereocenters. The predicted molar refractivity (Wildman–Crippen MR) is 120 cm³/mol. The Labute approximate surface area is 182 Å². The second kappa shape index (κ2) is 8.72. The molecule has 162 valence electrons. The molecule has 3 amide bonds. The van der Waals surface area contributed by atoms with Crippen molar-refractivity contribution >= 4 is 46.5 Å². The Morgan fingerprint density at radius 3 is 2.25 bits per heavy atom. The highest BCUT2D eigenvalue weighted by Crippen LogP contribution is 2.30. The maximum absolute atomic E-state index is 12.9. The molecule has 0 bridgehead atoms. The molecule has 2 aromatic carbocycles. The smallest absolute Gasteiger partial charge is 0.258 e. The normalized spacial score (nSPS) is 14.7. The summed E-state index contributed by atoms with van der Waals surface area (Å²) >= 11 is 0. The second-order valence-electron chi connectivity index (χ2n) is 7.22. The Bertz CT molecular complexity index is 1240. The summed E-state index contributed by atoms with van der Waals surface area (Å²) in [7, 11) is 0. The quantitative estimate of drug-likeness (QED) is 0.419. The van der Waals surface area contributed by atoms with E-state index in [4.69, 9.17) is 0 Å². The van der Waals surface area contributed by atoms with Gasteiger partial charge in [-0.3, -0.25) is 24.2 Å². The lowest BCUT2D eigenvalue weighted by Gasteiger charge is -2.23. The number of rotatable bonds is 5. The fraction of sp³-hybridized carbons (Fsp3) is 0.136. The van der Waals surface area contributed by atoms with E-state index in [-0.39, 0.29) is 29.7 Å². The number of para-hydroxylation sites is 1. The van der Waals surface area contributed by atoms with Crippen LogP contribution < -0.4 is 26.8 Å². The first-order valence-corrected chi connectivity index (χ1v) is 9.83. The first-order chi connectivity index (χ1) is 15.4. The van der Waals surface area contributed by atoms with Crippen LogP contribution in [0.15, 0.2) is 59.4 Å². The molecule has 0 saturated carbocycles. The average molecular weight is 432 g/mol. The molecule has 2 heterocycles. The third-order valence-electron chi connectivity index (χ3n) is 4.78. The average Bonchev–Trinajstić information content (AvgIpc) is 2.74. The number of amides is 3. The topological polar surface area (TPSA) is 145 Å². The number of carbonyl (C=O) groups is 3. The molecule has 0 fully saturated rings. The third kappa shape index (κ3) is 4.64. The van der Waals surface area contributed by atoms with Crippen LogP contribution in [-0.2, 0) is 14.4 Å². The van der Waals surface area contributed by atoms with Crippen molar-refractivity contribution < 1.29 is 14.4 Å². The lowest BCUT2D eigenvalue weighted by Crippen LogP contribution is -2.36. The van der Waals surface area contributed by atoms with E-state index in [1.165, 1.54) is 6.92 Å². The molecule has 3 aromatic rings. The molecular formula is C22H20N6O4. The summed E-state index contributed by atoms with van der Waals surface area (Å²) in [5, 5.41) is 10.9. The molecule has 1 aliphatic heterocycles. The Morgan fingerprint density at radius 1 is 0.938 bits per heavy atom. The summed E-state index contributed by atoms with van der Waals surface area (Å²) in [4.78, 5) is 55.9. The summed E-state index contributed by atoms with van der Waals surface area (Å²) < 4.78 is 0. The van der Waals surface area contributed by atoms with Gasteiger partial charge in [0.2, 0.25) is 23.7 Å². The Morgan fingerprint density at radius 2 is 1.59 bits per heavy atom. The molecular weight excluding hydrogens is 412 g/mol. The van der Waals surface area contributed by atoms with Crippen LogP contribution in [0.25, 0.3) is 0 Å². The van der Waals surface area contributed by atoms with Crippen molar-refractivity contribution in [3.8, 4) is 0 Å². The number of fused-ring (bicyclic) bond motifs is 1. The van der Waals surface area contributed by atoms with Crippen LogP contribution in [0.1, 0.15) is 24.8 Å². The van der Waals surface area contributed by atoms with Gasteiger partial charge in [0.15, 0.2) is 0 Å². The lowest BCUT2D eigenvalue weighted by molar-refractivity contribution is -0.123. The van der Waals surface area contributed by atoms with Gasteiger partial charge in [-0.25, -0.2) is 0 Å². The number of hydrogen-bond donors (Lipinski definition) is 5. The summed E-state index contributed by atoms with van der Waals surface area (Å²) in [6, 6.07) is 15.6. The largest absolute Gasteiger partial charge is 0.326 e. The van der Waals surface area contributed by atoms with E-state index in [9.17, 15) is 19.2 Å². The second-order valence-corrected chi connectivity index (χ2v) is 7.22. The van der Waals surface area contributed by atoms with Gasteiger partial charge in [-0.05, 0) is 36.4 Å². The third-order valence-corrected chi connectivity index (χ3v) is 4.78. The first kappa shape index (κ1) is 20.8. The maximum Gasteiger partial charge on any atom is 0.258 e. The van der Waals surface area contributed by atoms with Crippen LogP contribution in [0.4, 0.5) is 28.8 Å². The highest BCUT2D eigenvalue weighted by atomic mass is 16.2. The van der Waals surface area contributed by atoms with Crippen molar-refractivity contribution in [1.29, 1.82) is 0 Å². The SMILES string of the molecule is CC(=O)Nc1ccc(NC(=O)[C@H]2CC(=O)Nc3nc(Nc4ccccc4)[nH]c(=O)c32)cc1. The predicted octanol–water partition coefficient (Wildman–Crippen LogP) is 2.54. The maximum atomic E-state index is 12.9. The van der Waals surface area contributed by atoms with Gasteiger partial charge in [-0.15, -0.1) is 0 Å². The number of aromatic amines is 1. The van der Waals surface area contributed by atoms with Crippen LogP contribution in [0.5, 0.6) is 0 Å². The van der Waals surface area contributed by atoms with E-state index < -0.39 is 23.3 Å². The van der Waals surface area contributed by atoms with Gasteiger partial charge < -0.3 is 21.3 Å². The van der Waals surface area contributed by atoms with Gasteiger partial charge in [0.05, 0.1) is 11.5 Å². The number of anilines is 5. The minimum Gasteiger partial charge on any atom is -0.326 e. The number of nitrogens with one attached hydrogen (secondary N) is 5. The molecule has 5 N–H and O–H groups in total. The van der Waals surface area contributed by atoms with Crippen LogP contribution in [0.3, 0.4) is 0 Å². The van der Waals surface area contributed by atoms with Gasteiger partial charge in [0, 0.05) is 30.4 Å². The van der Waals surface area contributed by atoms with E-state index in [1.807, 2.05) is 18.2 Å². The highest BCUT2D eigenvalue weighted by Gasteiger charge is 2.34. The van der Waals surface area contributed by atoms with Gasteiger partial charge in [0.25, 0.3) is 5.56 Å². The molecule has 0 saturated heterocycles. The van der Waals surface area contributed by atoms with E-state index in [0.717, 1.165) is 0 Å². The zero-order chi connectivity index (χ0) is 22.7. The van der Waals surface area contributed by atoms with Gasteiger partial charge in [0.1, 0.15) is 5.82 Å². The van der Waals surface area contributed by atoms with Crippen LogP contribution in [0.2, 0.25) is 0 Å². The van der Waals surface area contributed by atoms with Gasteiger partial charge in [-0.2, -0.15) is 4.98 Å². The Kier molecular flexibility index (Phi) is 5.67. The number of aromatic nitrogens is 2. The van der Waals surface area contributed by atoms with Gasteiger partial charge in [-0.1, -0.05) is 18.2 Å². The van der Waals surface area contributed by atoms with Crippen LogP contribution in [0, 0.1) is 0 Å². The summed E-state index contributed by atoms with van der Waals surface area (Å²) in [5.74, 6) is -1.94. The monoisotopic (exact) mass is 432 g/mol. The fourth-order valence-electron chi connectivity index (χ4n) is 3.38. The minimum atomic E-state index is -1.00. The Balaban J connectivity index is 1.57. The van der Waals surface area contributed by atoms with Crippen LogP contribution in [-0.4, -0.2) is 27.7 Å². The number of carbonyl (C=O) groups excluding carboxylic acids is 3. The summed E-state index contributed by atoms with van der Waals surface area (Å²) in [6.45, 7) is 1.40. The molecule has 1 aliphatic rings. The van der Waals surface area contributed by atoms with Crippen molar-refractivity contribution in [1.82, 2.24) is 9.97 Å². The molecule has 32 heavy (non-hydrogen) atoms. The van der Waals surface area contributed by atoms with Crippen molar-refractivity contribution in [2.45, 2.75) is 19.3 Å². The summed E-state index contributed by atoms with van der Waals surface area (Å²) in [6.07, 6.45) is -0.182. The van der Waals surface area contributed by atoms with Crippen molar-refractivity contribution in [3.63, 3.8) is 0 Å².